The molecule has 4 nitrogen and oxygen atoms in total. The summed E-state index contributed by atoms with van der Waals surface area (Å²) in [6.07, 6.45) is -4.47. The average molecular weight is 354 g/mol. The molecule has 0 aliphatic heterocycles. The minimum atomic E-state index is -4.47. The van der Waals surface area contributed by atoms with Crippen LogP contribution in [0.25, 0.3) is 16.9 Å². The Morgan fingerprint density at radius 3 is 2.50 bits per heavy atom. The minimum Gasteiger partial charge on any atom is -0.390 e. The summed E-state index contributed by atoms with van der Waals surface area (Å²) in [5, 5.41) is 17.6. The number of alkyl halides is 3. The molecule has 1 N–H and O–H groups in total. The van der Waals surface area contributed by atoms with Crippen molar-refractivity contribution in [3.05, 3.63) is 64.8 Å². The molecule has 24 heavy (non-hydrogen) atoms. The van der Waals surface area contributed by atoms with Crippen molar-refractivity contribution in [1.29, 1.82) is 0 Å². The number of nitrogens with zero attached hydrogens (tertiary/aromatic N) is 3. The molecule has 3 rings (SSSR count). The molecule has 0 bridgehead atoms. The van der Waals surface area contributed by atoms with Gasteiger partial charge in [0.15, 0.2) is 0 Å². The Bertz CT molecular complexity index is 877. The van der Waals surface area contributed by atoms with Gasteiger partial charge in [0.25, 0.3) is 0 Å². The molecule has 2 aromatic carbocycles. The average Bonchev–Trinajstić information content (AvgIpc) is 2.98. The third-order valence-electron chi connectivity index (χ3n) is 3.41. The number of aliphatic hydroxyl groups excluding tert-OH is 1. The summed E-state index contributed by atoms with van der Waals surface area (Å²) in [4.78, 5) is 0. The Morgan fingerprint density at radius 2 is 1.83 bits per heavy atom. The third kappa shape index (κ3) is 3.13. The highest BCUT2D eigenvalue weighted by Gasteiger charge is 2.31. The Kier molecular flexibility index (Phi) is 4.29. The lowest BCUT2D eigenvalue weighted by Gasteiger charge is -2.11. The second-order valence-corrected chi connectivity index (χ2v) is 5.45. The van der Waals surface area contributed by atoms with Gasteiger partial charge in [0.2, 0.25) is 0 Å². The molecule has 0 unspecified atom stereocenters. The van der Waals surface area contributed by atoms with Crippen LogP contribution >= 0.6 is 11.6 Å². The highest BCUT2D eigenvalue weighted by atomic mass is 35.5. The first-order valence-electron chi connectivity index (χ1n) is 6.89. The number of hydrogen-bond donors (Lipinski definition) is 1. The van der Waals surface area contributed by atoms with E-state index in [9.17, 15) is 18.3 Å². The largest absolute Gasteiger partial charge is 0.416 e. The van der Waals surface area contributed by atoms with Crippen LogP contribution in [-0.4, -0.2) is 20.1 Å². The van der Waals surface area contributed by atoms with E-state index in [0.29, 0.717) is 16.3 Å². The van der Waals surface area contributed by atoms with Gasteiger partial charge in [-0.05, 0) is 30.3 Å². The molecule has 0 radical (unpaired) electrons. The van der Waals surface area contributed by atoms with Crippen LogP contribution in [0.4, 0.5) is 13.2 Å². The fraction of sp³-hybridized carbons (Fsp3) is 0.125. The number of halogens is 4. The maximum absolute atomic E-state index is 12.9. The van der Waals surface area contributed by atoms with E-state index < -0.39 is 18.3 Å². The van der Waals surface area contributed by atoms with E-state index in [-0.39, 0.29) is 11.4 Å². The van der Waals surface area contributed by atoms with Crippen LogP contribution < -0.4 is 0 Å². The minimum absolute atomic E-state index is 0.187. The van der Waals surface area contributed by atoms with E-state index in [2.05, 4.69) is 10.3 Å². The summed E-state index contributed by atoms with van der Waals surface area (Å²) in [5.41, 5.74) is 0.619. The highest BCUT2D eigenvalue weighted by molar-refractivity contribution is 6.30. The fourth-order valence-electron chi connectivity index (χ4n) is 2.34. The molecule has 0 atom stereocenters. The Morgan fingerprint density at radius 1 is 1.08 bits per heavy atom. The summed E-state index contributed by atoms with van der Waals surface area (Å²) < 4.78 is 40.0. The molecular weight excluding hydrogens is 343 g/mol. The van der Waals surface area contributed by atoms with Crippen molar-refractivity contribution in [2.75, 3.05) is 0 Å². The second kappa shape index (κ2) is 6.26. The van der Waals surface area contributed by atoms with Crippen LogP contribution in [0.2, 0.25) is 5.02 Å². The fourth-order valence-corrected chi connectivity index (χ4v) is 2.53. The van der Waals surface area contributed by atoms with E-state index in [1.54, 1.807) is 24.3 Å². The third-order valence-corrected chi connectivity index (χ3v) is 3.64. The molecular formula is C16H11ClF3N3O. The predicted octanol–water partition coefficient (Wildman–Crippen LogP) is 4.10. The van der Waals surface area contributed by atoms with Crippen LogP contribution in [0.5, 0.6) is 0 Å². The van der Waals surface area contributed by atoms with Crippen molar-refractivity contribution >= 4 is 11.6 Å². The molecule has 0 saturated carbocycles. The quantitative estimate of drug-likeness (QED) is 0.771. The van der Waals surface area contributed by atoms with Gasteiger partial charge < -0.3 is 5.11 Å². The van der Waals surface area contributed by atoms with Crippen molar-refractivity contribution in [2.45, 2.75) is 12.8 Å². The van der Waals surface area contributed by atoms with E-state index >= 15 is 0 Å². The summed E-state index contributed by atoms with van der Waals surface area (Å²) in [5.74, 6) is 0. The highest BCUT2D eigenvalue weighted by Crippen LogP contribution is 2.32. The molecule has 0 saturated heterocycles. The zero-order valence-corrected chi connectivity index (χ0v) is 12.9. The number of aliphatic hydroxyl groups is 1. The Labute approximate surface area is 140 Å². The predicted molar refractivity (Wildman–Crippen MR) is 82.7 cm³/mol. The molecule has 0 spiro atoms. The van der Waals surface area contributed by atoms with E-state index in [4.69, 9.17) is 11.6 Å². The lowest BCUT2D eigenvalue weighted by molar-refractivity contribution is -0.137. The molecule has 0 fully saturated rings. The van der Waals surface area contributed by atoms with Gasteiger partial charge >= 0.3 is 6.18 Å². The molecule has 0 aliphatic carbocycles. The molecule has 0 amide bonds. The zero-order valence-electron chi connectivity index (χ0n) is 12.1. The molecule has 1 heterocycles. The lowest BCUT2D eigenvalue weighted by atomic mass is 10.1. The van der Waals surface area contributed by atoms with Crippen LogP contribution in [-0.2, 0) is 12.8 Å². The molecule has 1 aromatic heterocycles. The van der Waals surface area contributed by atoms with Crippen molar-refractivity contribution in [1.82, 2.24) is 15.0 Å². The molecule has 124 valence electrons. The number of benzene rings is 2. The first kappa shape index (κ1) is 16.5. The Hall–Kier alpha value is -2.38. The van der Waals surface area contributed by atoms with Gasteiger partial charge in [0.05, 0.1) is 17.9 Å². The van der Waals surface area contributed by atoms with Gasteiger partial charge in [0, 0.05) is 10.6 Å². The van der Waals surface area contributed by atoms with Crippen LogP contribution in [0.1, 0.15) is 11.3 Å². The molecule has 3 aromatic rings. The topological polar surface area (TPSA) is 50.9 Å². The van der Waals surface area contributed by atoms with Gasteiger partial charge in [-0.3, -0.25) is 0 Å². The van der Waals surface area contributed by atoms with Crippen molar-refractivity contribution in [3.8, 4) is 16.9 Å². The van der Waals surface area contributed by atoms with Gasteiger partial charge in [-0.2, -0.15) is 13.2 Å². The summed E-state index contributed by atoms with van der Waals surface area (Å²) >= 11 is 5.98. The standard InChI is InChI=1S/C16H11ClF3N3O/c17-12-5-1-3-10(7-12)15-14(9-24)21-22-23(15)13-6-2-4-11(8-13)16(18,19)20/h1-8,24H,9H2. The number of rotatable bonds is 3. The SMILES string of the molecule is OCc1nnn(-c2cccc(C(F)(F)F)c2)c1-c1cccc(Cl)c1. The number of hydrogen-bond acceptors (Lipinski definition) is 3. The summed E-state index contributed by atoms with van der Waals surface area (Å²) in [7, 11) is 0. The van der Waals surface area contributed by atoms with E-state index in [1.807, 2.05) is 0 Å². The van der Waals surface area contributed by atoms with Crippen LogP contribution in [0.3, 0.4) is 0 Å². The van der Waals surface area contributed by atoms with Crippen molar-refractivity contribution < 1.29 is 18.3 Å². The number of aromatic nitrogens is 3. The van der Waals surface area contributed by atoms with Gasteiger partial charge in [0.1, 0.15) is 11.4 Å². The Balaban J connectivity index is 2.18. The molecule has 0 aliphatic rings. The van der Waals surface area contributed by atoms with Crippen LogP contribution in [0.15, 0.2) is 48.5 Å². The zero-order chi connectivity index (χ0) is 17.3. The maximum atomic E-state index is 12.9. The van der Waals surface area contributed by atoms with E-state index in [0.717, 1.165) is 12.1 Å². The first-order chi connectivity index (χ1) is 11.4. The smallest absolute Gasteiger partial charge is 0.390 e. The maximum Gasteiger partial charge on any atom is 0.416 e. The van der Waals surface area contributed by atoms with Gasteiger partial charge in [-0.15, -0.1) is 5.10 Å². The van der Waals surface area contributed by atoms with Gasteiger partial charge in [-0.1, -0.05) is 35.0 Å². The summed E-state index contributed by atoms with van der Waals surface area (Å²) in [6, 6.07) is 11.4. The normalized spacial score (nSPS) is 11.7. The summed E-state index contributed by atoms with van der Waals surface area (Å²) in [6.45, 7) is -0.402. The van der Waals surface area contributed by atoms with Gasteiger partial charge in [-0.25, -0.2) is 4.68 Å². The van der Waals surface area contributed by atoms with Crippen LogP contribution in [0, 0.1) is 0 Å². The van der Waals surface area contributed by atoms with Crippen molar-refractivity contribution in [2.24, 2.45) is 0 Å². The van der Waals surface area contributed by atoms with Crippen molar-refractivity contribution in [3.63, 3.8) is 0 Å². The lowest BCUT2D eigenvalue weighted by Crippen LogP contribution is -2.07. The molecule has 8 heteroatoms. The second-order valence-electron chi connectivity index (χ2n) is 5.01. The monoisotopic (exact) mass is 353 g/mol. The first-order valence-corrected chi connectivity index (χ1v) is 7.27. The van der Waals surface area contributed by atoms with E-state index in [1.165, 1.54) is 16.8 Å².